The molecule has 1 aromatic rings. The summed E-state index contributed by atoms with van der Waals surface area (Å²) < 4.78 is 85.1. The first-order valence-electron chi connectivity index (χ1n) is 11.6. The number of carbonyl (C=O) groups is 1. The molecule has 3 aliphatic heterocycles. The summed E-state index contributed by atoms with van der Waals surface area (Å²) in [5.74, 6) is 0. The molecule has 0 unspecified atom stereocenters. The summed E-state index contributed by atoms with van der Waals surface area (Å²) in [4.78, 5) is 17.5. The van der Waals surface area contributed by atoms with Crippen molar-refractivity contribution in [3.05, 3.63) is 35.4 Å². The standard InChI is InChI=1S/C23H29F6N3O3/c24-22(25,26)19(23(27,28)29)35-20(33)32-7-5-21(6-8-32)15-31(16-21)14-18-3-1-17(2-4-18)13-30-9-11-34-12-10-30/h1-4,19H,5-16H2. The molecule has 1 amide bonds. The normalized spacial score (nSPS) is 21.9. The Bertz CT molecular complexity index is 841. The molecule has 0 aromatic heterocycles. The van der Waals surface area contributed by atoms with E-state index in [9.17, 15) is 31.1 Å². The smallest absolute Gasteiger partial charge is 0.426 e. The zero-order chi connectivity index (χ0) is 25.3. The predicted molar refractivity (Wildman–Crippen MR) is 113 cm³/mol. The first-order valence-corrected chi connectivity index (χ1v) is 11.6. The third kappa shape index (κ3) is 6.59. The van der Waals surface area contributed by atoms with Crippen molar-refractivity contribution >= 4 is 6.09 Å². The minimum Gasteiger partial charge on any atom is -0.426 e. The molecule has 0 aliphatic carbocycles. The van der Waals surface area contributed by atoms with Crippen molar-refractivity contribution in [3.8, 4) is 0 Å². The lowest BCUT2D eigenvalue weighted by molar-refractivity contribution is -0.308. The van der Waals surface area contributed by atoms with Crippen LogP contribution in [0, 0.1) is 5.41 Å². The fraction of sp³-hybridized carbons (Fsp3) is 0.696. The number of ether oxygens (including phenoxy) is 2. The molecular formula is C23H29F6N3O3. The lowest BCUT2D eigenvalue weighted by atomic mass is 9.72. The average Bonchev–Trinajstić information content (AvgIpc) is 2.77. The molecule has 196 valence electrons. The molecule has 1 aromatic carbocycles. The molecule has 3 saturated heterocycles. The Morgan fingerprint density at radius 3 is 1.83 bits per heavy atom. The van der Waals surface area contributed by atoms with Gasteiger partial charge in [0.1, 0.15) is 0 Å². The van der Waals surface area contributed by atoms with Gasteiger partial charge in [-0.15, -0.1) is 0 Å². The van der Waals surface area contributed by atoms with E-state index in [1.807, 2.05) is 0 Å². The van der Waals surface area contributed by atoms with Crippen LogP contribution < -0.4 is 0 Å². The van der Waals surface area contributed by atoms with Crippen LogP contribution >= 0.6 is 0 Å². The molecular weight excluding hydrogens is 480 g/mol. The van der Waals surface area contributed by atoms with Gasteiger partial charge in [-0.25, -0.2) is 4.79 Å². The Labute approximate surface area is 199 Å². The minimum atomic E-state index is -5.71. The van der Waals surface area contributed by atoms with Gasteiger partial charge in [0.2, 0.25) is 0 Å². The molecule has 3 heterocycles. The van der Waals surface area contributed by atoms with Crippen molar-refractivity contribution < 1.29 is 40.6 Å². The van der Waals surface area contributed by atoms with Gasteiger partial charge in [0.25, 0.3) is 6.10 Å². The number of halogens is 6. The second kappa shape index (κ2) is 10.1. The minimum absolute atomic E-state index is 0.0689. The Morgan fingerprint density at radius 2 is 1.34 bits per heavy atom. The quantitative estimate of drug-likeness (QED) is 0.561. The molecule has 1 spiro atoms. The molecule has 0 saturated carbocycles. The SMILES string of the molecule is O=C(OC(C(F)(F)F)C(F)(F)F)N1CCC2(CC1)CN(Cc1ccc(CN3CCOCC3)cc1)C2. The Hall–Kier alpha value is -2.05. The first kappa shape index (κ1) is 26.0. The number of benzene rings is 1. The number of hydrogen-bond donors (Lipinski definition) is 0. The molecule has 3 fully saturated rings. The summed E-state index contributed by atoms with van der Waals surface area (Å²) in [6.07, 6.45) is -16.1. The predicted octanol–water partition coefficient (Wildman–Crippen LogP) is 4.05. The highest BCUT2D eigenvalue weighted by Crippen LogP contribution is 2.42. The largest absolute Gasteiger partial charge is 0.434 e. The van der Waals surface area contributed by atoms with Crippen LogP contribution in [-0.4, -0.2) is 91.7 Å². The van der Waals surface area contributed by atoms with Crippen LogP contribution in [0.25, 0.3) is 0 Å². The van der Waals surface area contributed by atoms with Gasteiger partial charge in [-0.1, -0.05) is 24.3 Å². The summed E-state index contributed by atoms with van der Waals surface area (Å²) >= 11 is 0. The third-order valence-corrected chi connectivity index (χ3v) is 6.95. The van der Waals surface area contributed by atoms with E-state index in [0.717, 1.165) is 57.4 Å². The van der Waals surface area contributed by atoms with E-state index in [2.05, 4.69) is 38.8 Å². The van der Waals surface area contributed by atoms with Crippen LogP contribution in [0.15, 0.2) is 24.3 Å². The second-order valence-corrected chi connectivity index (χ2v) is 9.68. The summed E-state index contributed by atoms with van der Waals surface area (Å²) in [5, 5.41) is 0. The number of likely N-dealkylation sites (tertiary alicyclic amines) is 2. The number of amides is 1. The summed E-state index contributed by atoms with van der Waals surface area (Å²) in [5.41, 5.74) is 2.35. The van der Waals surface area contributed by atoms with E-state index in [-0.39, 0.29) is 18.5 Å². The van der Waals surface area contributed by atoms with Crippen molar-refractivity contribution in [1.29, 1.82) is 0 Å². The van der Waals surface area contributed by atoms with Gasteiger partial charge in [0.15, 0.2) is 0 Å². The number of hydrogen-bond acceptors (Lipinski definition) is 5. The number of rotatable bonds is 5. The summed E-state index contributed by atoms with van der Waals surface area (Å²) in [6.45, 7) is 6.74. The molecule has 0 N–H and O–H groups in total. The third-order valence-electron chi connectivity index (χ3n) is 6.95. The van der Waals surface area contributed by atoms with E-state index < -0.39 is 24.5 Å². The highest BCUT2D eigenvalue weighted by atomic mass is 19.4. The van der Waals surface area contributed by atoms with Crippen molar-refractivity contribution in [2.45, 2.75) is 44.4 Å². The first-order chi connectivity index (χ1) is 16.4. The molecule has 0 bridgehead atoms. The van der Waals surface area contributed by atoms with Crippen molar-refractivity contribution in [2.24, 2.45) is 5.41 Å². The number of alkyl halides is 6. The van der Waals surface area contributed by atoms with Crippen molar-refractivity contribution in [3.63, 3.8) is 0 Å². The maximum Gasteiger partial charge on any atom is 0.434 e. The van der Waals surface area contributed by atoms with Gasteiger partial charge in [0.05, 0.1) is 13.2 Å². The van der Waals surface area contributed by atoms with E-state index in [0.29, 0.717) is 12.8 Å². The van der Waals surface area contributed by atoms with Crippen LogP contribution in [-0.2, 0) is 22.6 Å². The molecule has 0 radical (unpaired) electrons. The van der Waals surface area contributed by atoms with E-state index in [1.54, 1.807) is 0 Å². The maximum atomic E-state index is 12.7. The van der Waals surface area contributed by atoms with Crippen LogP contribution in [0.1, 0.15) is 24.0 Å². The van der Waals surface area contributed by atoms with Gasteiger partial charge < -0.3 is 14.4 Å². The Morgan fingerprint density at radius 1 is 0.857 bits per heavy atom. The molecule has 3 aliphatic rings. The fourth-order valence-corrected chi connectivity index (χ4v) is 5.01. The Balaban J connectivity index is 1.20. The monoisotopic (exact) mass is 509 g/mol. The lowest BCUT2D eigenvalue weighted by Gasteiger charge is -2.54. The van der Waals surface area contributed by atoms with Crippen molar-refractivity contribution in [1.82, 2.24) is 14.7 Å². The highest BCUT2D eigenvalue weighted by Gasteiger charge is 2.60. The van der Waals surface area contributed by atoms with Crippen LogP contribution in [0.4, 0.5) is 31.1 Å². The Kier molecular flexibility index (Phi) is 7.54. The van der Waals surface area contributed by atoms with Crippen LogP contribution in [0.2, 0.25) is 0 Å². The van der Waals surface area contributed by atoms with Crippen molar-refractivity contribution in [2.75, 3.05) is 52.5 Å². The molecule has 35 heavy (non-hydrogen) atoms. The second-order valence-electron chi connectivity index (χ2n) is 9.68. The van der Waals surface area contributed by atoms with Gasteiger partial charge in [0, 0.05) is 52.4 Å². The van der Waals surface area contributed by atoms with E-state index in [1.165, 1.54) is 11.1 Å². The number of morpholine rings is 1. The number of nitrogens with zero attached hydrogens (tertiary/aromatic N) is 3. The van der Waals surface area contributed by atoms with Crippen LogP contribution in [0.3, 0.4) is 0 Å². The van der Waals surface area contributed by atoms with Crippen LogP contribution in [0.5, 0.6) is 0 Å². The highest BCUT2D eigenvalue weighted by molar-refractivity contribution is 5.68. The maximum absolute atomic E-state index is 12.7. The molecule has 6 nitrogen and oxygen atoms in total. The lowest BCUT2D eigenvalue weighted by Crippen LogP contribution is -2.60. The van der Waals surface area contributed by atoms with E-state index >= 15 is 0 Å². The molecule has 4 rings (SSSR count). The van der Waals surface area contributed by atoms with Gasteiger partial charge in [-0.3, -0.25) is 9.80 Å². The van der Waals surface area contributed by atoms with Gasteiger partial charge in [-0.05, 0) is 29.4 Å². The summed E-state index contributed by atoms with van der Waals surface area (Å²) in [7, 11) is 0. The van der Waals surface area contributed by atoms with Gasteiger partial charge in [-0.2, -0.15) is 26.3 Å². The molecule has 12 heteroatoms. The zero-order valence-corrected chi connectivity index (χ0v) is 19.2. The molecule has 0 atom stereocenters. The van der Waals surface area contributed by atoms with E-state index in [4.69, 9.17) is 4.74 Å². The van der Waals surface area contributed by atoms with Gasteiger partial charge >= 0.3 is 18.4 Å². The fourth-order valence-electron chi connectivity index (χ4n) is 5.01. The zero-order valence-electron chi connectivity index (χ0n) is 19.2. The summed E-state index contributed by atoms with van der Waals surface area (Å²) in [6, 6.07) is 8.47. The number of carbonyl (C=O) groups excluding carboxylic acids is 1. The average molecular weight is 509 g/mol. The number of piperidine rings is 1. The topological polar surface area (TPSA) is 45.2 Å².